The Hall–Kier alpha value is -2.65. The highest BCUT2D eigenvalue weighted by atomic mass is 28.4. The molecule has 1 amide bonds. The van der Waals surface area contributed by atoms with E-state index in [4.69, 9.17) is 37.3 Å². The van der Waals surface area contributed by atoms with E-state index in [1.54, 1.807) is 28.3 Å². The number of aliphatic hydroxyl groups is 1. The Balaban J connectivity index is 1.84. The van der Waals surface area contributed by atoms with Gasteiger partial charge in [0.1, 0.15) is 18.2 Å². The molecule has 4 rings (SSSR count). The number of nitrogens with zero attached hydrogens (tertiary/aromatic N) is 1. The fraction of sp³-hybridized carbons (Fsp3) is 0.815. The first-order valence-corrected chi connectivity index (χ1v) is 36.8. The number of ketones is 2. The van der Waals surface area contributed by atoms with Crippen LogP contribution in [0, 0.1) is 35.5 Å². The monoisotopic (exact) mass is 1170 g/mol. The number of carbonyl (C=O) groups excluding carboxylic acids is 4. The molecule has 2 saturated heterocycles. The fourth-order valence-electron chi connectivity index (χ4n) is 13.5. The van der Waals surface area contributed by atoms with Gasteiger partial charge in [0.05, 0.1) is 36.6 Å². The van der Waals surface area contributed by atoms with E-state index in [2.05, 4.69) is 74.5 Å². The molecule has 1 N–H and O–H groups in total. The Morgan fingerprint density at radius 3 is 1.96 bits per heavy atom. The fourth-order valence-corrected chi connectivity index (χ4v) is 19.3. The third-order valence-electron chi connectivity index (χ3n) is 19.6. The summed E-state index contributed by atoms with van der Waals surface area (Å²) in [4.78, 5) is 60.4. The molecule has 0 spiro atoms. The van der Waals surface area contributed by atoms with Crippen LogP contribution in [0.3, 0.4) is 0 Å². The average Bonchev–Trinajstić information content (AvgIpc) is 3.46. The summed E-state index contributed by atoms with van der Waals surface area (Å²) in [6, 6.07) is 4.85. The van der Waals surface area contributed by atoms with Crippen molar-refractivity contribution in [2.24, 2.45) is 35.5 Å². The molecule has 3 fully saturated rings. The largest absolute Gasteiger partial charge is 0.460 e. The van der Waals surface area contributed by atoms with E-state index in [0.29, 0.717) is 58.0 Å². The van der Waals surface area contributed by atoms with Crippen molar-refractivity contribution in [2.75, 3.05) is 34.5 Å². The maximum atomic E-state index is 15.1. The van der Waals surface area contributed by atoms with Gasteiger partial charge >= 0.3 is 5.97 Å². The Morgan fingerprint density at radius 2 is 1.36 bits per heavy atom. The van der Waals surface area contributed by atoms with Crippen molar-refractivity contribution in [1.29, 1.82) is 0 Å². The van der Waals surface area contributed by atoms with Gasteiger partial charge in [-0.25, -0.2) is 4.79 Å². The predicted molar refractivity (Wildman–Crippen MR) is 328 cm³/mol. The first kappa shape index (κ1) is 70.8. The molecule has 14 nitrogen and oxygen atoms in total. The van der Waals surface area contributed by atoms with E-state index in [1.807, 2.05) is 52.0 Å². The smallest absolute Gasteiger partial charge is 0.329 e. The summed E-state index contributed by atoms with van der Waals surface area (Å²) in [5.41, 5.74) is 1.81. The van der Waals surface area contributed by atoms with Crippen LogP contribution in [0.15, 0.2) is 47.6 Å². The maximum absolute atomic E-state index is 15.1. The van der Waals surface area contributed by atoms with Crippen molar-refractivity contribution in [3.63, 3.8) is 0 Å². The summed E-state index contributed by atoms with van der Waals surface area (Å²) < 4.78 is 52.6. The molecule has 3 aliphatic heterocycles. The van der Waals surface area contributed by atoms with Gasteiger partial charge in [-0.2, -0.15) is 0 Å². The number of hydrogen-bond acceptors (Lipinski definition) is 13. The second-order valence-corrected chi connectivity index (χ2v) is 34.3. The van der Waals surface area contributed by atoms with Crippen LogP contribution in [0.4, 0.5) is 0 Å². The van der Waals surface area contributed by atoms with Crippen LogP contribution < -0.4 is 0 Å². The third-order valence-corrected chi connectivity index (χ3v) is 28.9. The molecule has 2 bridgehead atoms. The number of methoxy groups -OCH3 is 3. The number of Topliss-reactive ketones (excluding diaryl/α,β-unsaturated/α-hetero) is 2. The lowest BCUT2D eigenvalue weighted by Gasteiger charge is -2.43. The molecular weight excluding hydrogens is 1060 g/mol. The van der Waals surface area contributed by atoms with Crippen LogP contribution in [-0.2, 0) is 56.5 Å². The van der Waals surface area contributed by atoms with Crippen molar-refractivity contribution in [3.8, 4) is 0 Å². The second-order valence-electron chi connectivity index (χ2n) is 24.9. The van der Waals surface area contributed by atoms with E-state index in [9.17, 15) is 19.5 Å². The Bertz CT molecular complexity index is 2070. The van der Waals surface area contributed by atoms with Gasteiger partial charge in [-0.15, -0.1) is 0 Å². The number of fused-ring (bicyclic) bond motifs is 3. The summed E-state index contributed by atoms with van der Waals surface area (Å²) in [5.74, 6) is -5.98. The van der Waals surface area contributed by atoms with E-state index in [-0.39, 0.29) is 54.1 Å². The second kappa shape index (κ2) is 33.9. The van der Waals surface area contributed by atoms with Gasteiger partial charge in [-0.3, -0.25) is 14.4 Å². The number of carbonyl (C=O) groups is 4. The Kier molecular flexibility index (Phi) is 29.6. The van der Waals surface area contributed by atoms with Crippen molar-refractivity contribution < 1.29 is 61.6 Å². The van der Waals surface area contributed by atoms with Crippen LogP contribution in [0.25, 0.3) is 0 Å². The highest BCUT2D eigenvalue weighted by molar-refractivity contribution is 6.74. The van der Waals surface area contributed by atoms with Gasteiger partial charge in [0.2, 0.25) is 5.79 Å². The summed E-state index contributed by atoms with van der Waals surface area (Å²) in [6.45, 7) is 30.0. The molecule has 1 aliphatic carbocycles. The zero-order valence-corrected chi connectivity index (χ0v) is 55.6. The number of rotatable bonds is 18. The highest BCUT2D eigenvalue weighted by Crippen LogP contribution is 2.40. The van der Waals surface area contributed by atoms with Crippen LogP contribution in [-0.4, -0.2) is 145 Å². The van der Waals surface area contributed by atoms with E-state index < -0.39 is 88.7 Å². The molecule has 0 aromatic heterocycles. The number of ether oxygens (including phenoxy) is 6. The van der Waals surface area contributed by atoms with Gasteiger partial charge < -0.3 is 47.3 Å². The lowest BCUT2D eigenvalue weighted by atomic mass is 9.78. The Labute approximate surface area is 492 Å². The van der Waals surface area contributed by atoms with Crippen molar-refractivity contribution >= 4 is 40.1 Å². The molecule has 3 heterocycles. The molecule has 0 aromatic rings. The average molecular weight is 1170 g/mol. The third kappa shape index (κ3) is 18.9. The van der Waals surface area contributed by atoms with E-state index >= 15 is 4.79 Å². The highest BCUT2D eigenvalue weighted by Gasteiger charge is 2.53. The lowest BCUT2D eigenvalue weighted by Crippen LogP contribution is -2.61. The molecule has 4 aliphatic rings. The quantitative estimate of drug-likeness (QED) is 0.0597. The first-order valence-electron chi connectivity index (χ1n) is 31.8. The summed E-state index contributed by atoms with van der Waals surface area (Å²) in [7, 11) is 0.820. The molecule has 16 atom stereocenters. The van der Waals surface area contributed by atoms with Crippen LogP contribution in [0.2, 0.25) is 36.3 Å². The number of hydrogen-bond donors (Lipinski definition) is 1. The summed E-state index contributed by atoms with van der Waals surface area (Å²) >= 11 is 0. The van der Waals surface area contributed by atoms with Gasteiger partial charge in [-0.1, -0.05) is 113 Å². The summed E-state index contributed by atoms with van der Waals surface area (Å²) in [6.07, 6.45) is 15.9. The van der Waals surface area contributed by atoms with Crippen LogP contribution in [0.1, 0.15) is 174 Å². The molecule has 464 valence electrons. The van der Waals surface area contributed by atoms with Gasteiger partial charge in [0, 0.05) is 65.1 Å². The molecule has 16 heteroatoms. The number of amides is 1. The van der Waals surface area contributed by atoms with E-state index in [1.165, 1.54) is 4.90 Å². The van der Waals surface area contributed by atoms with Crippen LogP contribution in [0.5, 0.6) is 0 Å². The molecular formula is C65H113NO13Si2. The summed E-state index contributed by atoms with van der Waals surface area (Å²) in [5, 5.41) is 12.2. The van der Waals surface area contributed by atoms with Crippen molar-refractivity contribution in [1.82, 2.24) is 4.90 Å². The zero-order valence-electron chi connectivity index (χ0n) is 53.6. The molecule has 0 unspecified atom stereocenters. The lowest BCUT2D eigenvalue weighted by molar-refractivity contribution is -0.265. The van der Waals surface area contributed by atoms with Crippen LogP contribution >= 0.6 is 0 Å². The molecule has 81 heavy (non-hydrogen) atoms. The van der Waals surface area contributed by atoms with Crippen molar-refractivity contribution in [3.05, 3.63) is 47.6 Å². The Morgan fingerprint density at radius 1 is 0.704 bits per heavy atom. The maximum Gasteiger partial charge on any atom is 0.329 e. The molecule has 0 radical (unpaired) electrons. The van der Waals surface area contributed by atoms with E-state index in [0.717, 1.165) is 73.1 Å². The van der Waals surface area contributed by atoms with Crippen molar-refractivity contribution in [2.45, 2.75) is 271 Å². The van der Waals surface area contributed by atoms with Gasteiger partial charge in [0.15, 0.2) is 22.4 Å². The van der Waals surface area contributed by atoms with Gasteiger partial charge in [0.25, 0.3) is 11.7 Å². The standard InChI is InChI=1S/C65H113NO13Si2/c1-18-75-56-43-57(47(11)40-51-34-36-54(58(41-51)73-16)78-80(19-2,20-3)21-4)76-64(70)53-32-28-29-37-66(53)63(69)62(68)65(71)50(14)33-35-52(77-65)42-55(72-15)45(9)31-27-25-26-30-44(8)38-48(12)59(67)61(74-17)60(49(13)39-46(56)10)79-81(22-5,23-6)24-7/h25-27,30-31,39,44,46-48,50-58,60-61,71H,18-24,28-29,32-38,40-43H2,1-17H3/b27-25+,30-26+,45-31+,49-39+/t44-,46-,47-,48-,50-,51+,52+,53+,54-,55+,56-,57+,58-,60-,61+,65-/m1/s1. The topological polar surface area (TPSA) is 166 Å². The molecule has 1 saturated carbocycles. The minimum Gasteiger partial charge on any atom is -0.460 e. The number of allylic oxidation sites excluding steroid dienone is 5. The first-order chi connectivity index (χ1) is 38.5. The SMILES string of the molecule is CCO[C@@H]1C[C@@H]([C@H](C)C[C@@H]2CC[C@@H](O[Si](CC)(CC)CC)[C@H](OC)C2)OC(=O)[C@@H]2CCCCN2C(=O)C(=O)[C@]2(O)O[C@@H](CC[C@H]2C)C[C@H](OC)/C(C)=C/C=C/C=C/[C@@H](C)C[C@@H](C)C(=O)[C@H](OC)[C@H](O[Si](CC)(CC)CC)/C(C)=C/[C@H]1C. The normalized spacial score (nSPS) is 36.1. The molecule has 0 aromatic carbocycles. The number of esters is 1. The zero-order chi connectivity index (χ0) is 60.2. The predicted octanol–water partition coefficient (Wildman–Crippen LogP) is 13.1. The number of piperidine rings is 1. The minimum absolute atomic E-state index is 0.00534. The van der Waals surface area contributed by atoms with Gasteiger partial charge in [-0.05, 0) is 150 Å². The number of cyclic esters (lactones) is 1. The minimum atomic E-state index is -2.39.